The van der Waals surface area contributed by atoms with Crippen molar-refractivity contribution in [3.05, 3.63) is 58.4 Å². The standard InChI is InChI=1S/C14H11ClFNO3/c15-11-3-1-2-8(13(11)16)7-20-9-4-5-12(17)10(6-9)14(18)19/h1-6H,7,17H2,(H,18,19). The van der Waals surface area contributed by atoms with Gasteiger partial charge in [0.2, 0.25) is 0 Å². The van der Waals surface area contributed by atoms with Crippen LogP contribution in [-0.2, 0) is 6.61 Å². The molecule has 0 aliphatic heterocycles. The van der Waals surface area contributed by atoms with Crippen molar-refractivity contribution in [2.45, 2.75) is 6.61 Å². The van der Waals surface area contributed by atoms with Crippen molar-refractivity contribution in [3.8, 4) is 5.75 Å². The molecular formula is C14H11ClFNO3. The van der Waals surface area contributed by atoms with Gasteiger partial charge in [0, 0.05) is 11.3 Å². The van der Waals surface area contributed by atoms with E-state index >= 15 is 0 Å². The Morgan fingerprint density at radius 1 is 1.35 bits per heavy atom. The summed E-state index contributed by atoms with van der Waals surface area (Å²) in [7, 11) is 0. The van der Waals surface area contributed by atoms with E-state index in [1.54, 1.807) is 6.07 Å². The molecule has 0 atom stereocenters. The number of rotatable bonds is 4. The van der Waals surface area contributed by atoms with Gasteiger partial charge in [-0.15, -0.1) is 0 Å². The number of aromatic carboxylic acids is 1. The third-order valence-corrected chi connectivity index (χ3v) is 2.97. The summed E-state index contributed by atoms with van der Waals surface area (Å²) in [4.78, 5) is 10.9. The summed E-state index contributed by atoms with van der Waals surface area (Å²) in [5.41, 5.74) is 5.89. The zero-order chi connectivity index (χ0) is 14.7. The molecule has 2 aromatic carbocycles. The molecule has 0 saturated carbocycles. The smallest absolute Gasteiger partial charge is 0.337 e. The lowest BCUT2D eigenvalue weighted by Crippen LogP contribution is -2.04. The Labute approximate surface area is 119 Å². The molecule has 0 saturated heterocycles. The molecule has 0 amide bonds. The fourth-order valence-electron chi connectivity index (χ4n) is 1.63. The molecule has 0 bridgehead atoms. The van der Waals surface area contributed by atoms with E-state index in [-0.39, 0.29) is 34.2 Å². The van der Waals surface area contributed by atoms with Gasteiger partial charge in [-0.05, 0) is 24.3 Å². The second kappa shape index (κ2) is 5.79. The summed E-state index contributed by atoms with van der Waals surface area (Å²) in [6.07, 6.45) is 0. The molecule has 0 heterocycles. The van der Waals surface area contributed by atoms with E-state index in [9.17, 15) is 9.18 Å². The molecule has 0 aromatic heterocycles. The van der Waals surface area contributed by atoms with Gasteiger partial charge in [0.15, 0.2) is 0 Å². The van der Waals surface area contributed by atoms with Gasteiger partial charge in [0.25, 0.3) is 0 Å². The number of carboxylic acid groups (broad SMARTS) is 1. The lowest BCUT2D eigenvalue weighted by atomic mass is 10.1. The maximum atomic E-state index is 13.6. The van der Waals surface area contributed by atoms with Gasteiger partial charge in [0.1, 0.15) is 18.2 Å². The van der Waals surface area contributed by atoms with Crippen molar-refractivity contribution >= 4 is 23.3 Å². The SMILES string of the molecule is Nc1ccc(OCc2cccc(Cl)c2F)cc1C(=O)O. The number of carboxylic acids is 1. The van der Waals surface area contributed by atoms with Crippen molar-refractivity contribution < 1.29 is 19.0 Å². The Morgan fingerprint density at radius 2 is 2.10 bits per heavy atom. The highest BCUT2D eigenvalue weighted by molar-refractivity contribution is 6.30. The van der Waals surface area contributed by atoms with E-state index in [1.807, 2.05) is 0 Å². The second-order valence-corrected chi connectivity index (χ2v) is 4.46. The molecule has 104 valence electrons. The number of ether oxygens (including phenoxy) is 1. The van der Waals surface area contributed by atoms with Gasteiger partial charge in [-0.2, -0.15) is 0 Å². The number of benzene rings is 2. The minimum Gasteiger partial charge on any atom is -0.489 e. The number of nitrogen functional groups attached to an aromatic ring is 1. The van der Waals surface area contributed by atoms with E-state index in [0.29, 0.717) is 0 Å². The van der Waals surface area contributed by atoms with Crippen molar-refractivity contribution in [1.82, 2.24) is 0 Å². The summed E-state index contributed by atoms with van der Waals surface area (Å²) in [6, 6.07) is 8.82. The zero-order valence-corrected chi connectivity index (χ0v) is 11.0. The summed E-state index contributed by atoms with van der Waals surface area (Å²) in [6.45, 7) is -0.0601. The largest absolute Gasteiger partial charge is 0.489 e. The number of nitrogens with two attached hydrogens (primary N) is 1. The third-order valence-electron chi connectivity index (χ3n) is 2.68. The van der Waals surface area contributed by atoms with Gasteiger partial charge in [-0.1, -0.05) is 23.7 Å². The Morgan fingerprint density at radius 3 is 2.80 bits per heavy atom. The lowest BCUT2D eigenvalue weighted by molar-refractivity contribution is 0.0697. The summed E-state index contributed by atoms with van der Waals surface area (Å²) >= 11 is 5.66. The summed E-state index contributed by atoms with van der Waals surface area (Å²) in [5, 5.41) is 8.95. The van der Waals surface area contributed by atoms with E-state index < -0.39 is 11.8 Å². The molecule has 0 spiro atoms. The summed E-state index contributed by atoms with van der Waals surface area (Å²) in [5.74, 6) is -1.42. The predicted octanol–water partition coefficient (Wildman–Crippen LogP) is 3.34. The highest BCUT2D eigenvalue weighted by Gasteiger charge is 2.11. The summed E-state index contributed by atoms with van der Waals surface area (Å²) < 4.78 is 19.0. The monoisotopic (exact) mass is 295 g/mol. The Balaban J connectivity index is 2.17. The van der Waals surface area contributed by atoms with Gasteiger partial charge in [-0.25, -0.2) is 9.18 Å². The molecule has 2 rings (SSSR count). The first kappa shape index (κ1) is 14.1. The molecular weight excluding hydrogens is 285 g/mol. The molecule has 3 N–H and O–H groups in total. The normalized spacial score (nSPS) is 10.3. The van der Waals surface area contributed by atoms with E-state index in [1.165, 1.54) is 30.3 Å². The van der Waals surface area contributed by atoms with Crippen LogP contribution in [0, 0.1) is 5.82 Å². The first-order chi connectivity index (χ1) is 9.49. The van der Waals surface area contributed by atoms with Crippen LogP contribution >= 0.6 is 11.6 Å². The van der Waals surface area contributed by atoms with Crippen LogP contribution in [0.25, 0.3) is 0 Å². The first-order valence-electron chi connectivity index (χ1n) is 5.67. The number of hydrogen-bond donors (Lipinski definition) is 2. The molecule has 6 heteroatoms. The second-order valence-electron chi connectivity index (χ2n) is 4.06. The van der Waals surface area contributed by atoms with Gasteiger partial charge in [-0.3, -0.25) is 0 Å². The van der Waals surface area contributed by atoms with Crippen molar-refractivity contribution in [2.24, 2.45) is 0 Å². The van der Waals surface area contributed by atoms with Crippen LogP contribution in [0.15, 0.2) is 36.4 Å². The van der Waals surface area contributed by atoms with E-state index in [2.05, 4.69) is 0 Å². The van der Waals surface area contributed by atoms with Crippen LogP contribution < -0.4 is 10.5 Å². The zero-order valence-electron chi connectivity index (χ0n) is 10.3. The number of hydrogen-bond acceptors (Lipinski definition) is 3. The number of carbonyl (C=O) groups is 1. The average Bonchev–Trinajstić information content (AvgIpc) is 2.41. The van der Waals surface area contributed by atoms with Crippen LogP contribution in [0.3, 0.4) is 0 Å². The Kier molecular flexibility index (Phi) is 4.10. The van der Waals surface area contributed by atoms with Crippen LogP contribution in [0.4, 0.5) is 10.1 Å². The van der Waals surface area contributed by atoms with E-state index in [0.717, 1.165) is 0 Å². The lowest BCUT2D eigenvalue weighted by Gasteiger charge is -2.09. The highest BCUT2D eigenvalue weighted by atomic mass is 35.5. The van der Waals surface area contributed by atoms with Crippen LogP contribution in [-0.4, -0.2) is 11.1 Å². The molecule has 4 nitrogen and oxygen atoms in total. The van der Waals surface area contributed by atoms with Crippen molar-refractivity contribution in [3.63, 3.8) is 0 Å². The third kappa shape index (κ3) is 3.00. The van der Waals surface area contributed by atoms with Gasteiger partial charge >= 0.3 is 5.97 Å². The van der Waals surface area contributed by atoms with Crippen molar-refractivity contribution in [1.29, 1.82) is 0 Å². The molecule has 0 fully saturated rings. The predicted molar refractivity (Wildman–Crippen MR) is 73.6 cm³/mol. The van der Waals surface area contributed by atoms with Crippen molar-refractivity contribution in [2.75, 3.05) is 5.73 Å². The fourth-order valence-corrected chi connectivity index (χ4v) is 1.83. The first-order valence-corrected chi connectivity index (χ1v) is 6.05. The minimum absolute atomic E-state index is 0.00892. The van der Waals surface area contributed by atoms with E-state index in [4.69, 9.17) is 27.2 Å². The van der Waals surface area contributed by atoms with Gasteiger partial charge in [0.05, 0.1) is 10.6 Å². The average molecular weight is 296 g/mol. The van der Waals surface area contributed by atoms with Crippen LogP contribution in [0.1, 0.15) is 15.9 Å². The van der Waals surface area contributed by atoms with Crippen LogP contribution in [0.5, 0.6) is 5.75 Å². The molecule has 0 aliphatic carbocycles. The maximum Gasteiger partial charge on any atom is 0.337 e. The van der Waals surface area contributed by atoms with Crippen LogP contribution in [0.2, 0.25) is 5.02 Å². The molecule has 2 aromatic rings. The topological polar surface area (TPSA) is 72.5 Å². The molecule has 0 aliphatic rings. The Bertz CT molecular complexity index is 661. The quantitative estimate of drug-likeness (QED) is 0.849. The maximum absolute atomic E-state index is 13.6. The number of anilines is 1. The number of halogens is 2. The molecule has 20 heavy (non-hydrogen) atoms. The van der Waals surface area contributed by atoms with Gasteiger partial charge < -0.3 is 15.6 Å². The Hall–Kier alpha value is -2.27. The highest BCUT2D eigenvalue weighted by Crippen LogP contribution is 2.23. The molecule has 0 radical (unpaired) electrons. The molecule has 0 unspecified atom stereocenters. The fraction of sp³-hybridized carbons (Fsp3) is 0.0714. The minimum atomic E-state index is -1.15.